The Bertz CT molecular complexity index is 1310. The highest BCUT2D eigenvalue weighted by atomic mass is 16.4. The van der Waals surface area contributed by atoms with Gasteiger partial charge in [0.05, 0.1) is 6.04 Å². The SMILES string of the molecule is C=CC[C@H](NC(=O)[C@H](CCCCCN)NC(=O)[C@H](CCCCN)NC(=O)[C@H](C)N)C(=O)N[C@@H](Cc1ccc(O)cc1)C(=O)N[C@@H](CC(C)C)C(=O)O. The number of carbonyl (C=O) groups excluding carboxylic acids is 5. The molecule has 0 aliphatic heterocycles. The Hall–Kier alpha value is -4.54. The molecule has 0 aromatic heterocycles. The number of aliphatic carboxylic acids is 1. The molecule has 13 N–H and O–H groups in total. The molecule has 0 saturated carbocycles. The van der Waals surface area contributed by atoms with Crippen molar-refractivity contribution in [2.75, 3.05) is 13.1 Å². The van der Waals surface area contributed by atoms with Crippen LogP contribution in [0.2, 0.25) is 0 Å². The summed E-state index contributed by atoms with van der Waals surface area (Å²) < 4.78 is 0. The van der Waals surface area contributed by atoms with Crippen molar-refractivity contribution in [2.24, 2.45) is 23.1 Å². The minimum atomic E-state index is -1.26. The molecule has 1 aromatic carbocycles. The average molecular weight is 733 g/mol. The normalized spacial score (nSPS) is 14.5. The highest BCUT2D eigenvalue weighted by Crippen LogP contribution is 2.13. The van der Waals surface area contributed by atoms with Gasteiger partial charge in [-0.05, 0) is 88.6 Å². The number of hydrogen-bond acceptors (Lipinski definition) is 10. The van der Waals surface area contributed by atoms with Crippen LogP contribution in [0, 0.1) is 5.92 Å². The van der Waals surface area contributed by atoms with Crippen molar-refractivity contribution in [3.05, 3.63) is 42.5 Å². The Morgan fingerprint density at radius 1 is 0.673 bits per heavy atom. The lowest BCUT2D eigenvalue weighted by atomic mass is 10.0. The number of nitrogens with two attached hydrogens (primary N) is 3. The molecular formula is C36H60N8O8. The summed E-state index contributed by atoms with van der Waals surface area (Å²) in [5.41, 5.74) is 17.5. The molecule has 5 amide bonds. The van der Waals surface area contributed by atoms with Crippen LogP contribution >= 0.6 is 0 Å². The van der Waals surface area contributed by atoms with Gasteiger partial charge in [-0.1, -0.05) is 44.9 Å². The van der Waals surface area contributed by atoms with E-state index in [4.69, 9.17) is 17.2 Å². The third-order valence-corrected chi connectivity index (χ3v) is 8.19. The van der Waals surface area contributed by atoms with Gasteiger partial charge in [0.1, 0.15) is 36.0 Å². The molecule has 0 spiro atoms. The van der Waals surface area contributed by atoms with Gasteiger partial charge in [0, 0.05) is 6.42 Å². The topological polar surface area (TPSA) is 281 Å². The van der Waals surface area contributed by atoms with E-state index in [1.807, 2.05) is 13.8 Å². The van der Waals surface area contributed by atoms with E-state index in [1.165, 1.54) is 25.1 Å². The Morgan fingerprint density at radius 2 is 1.12 bits per heavy atom. The highest BCUT2D eigenvalue weighted by Gasteiger charge is 2.32. The first-order valence-corrected chi connectivity index (χ1v) is 17.9. The van der Waals surface area contributed by atoms with Crippen LogP contribution in [0.4, 0.5) is 0 Å². The molecule has 0 heterocycles. The van der Waals surface area contributed by atoms with Crippen molar-refractivity contribution in [2.45, 2.75) is 121 Å². The van der Waals surface area contributed by atoms with Crippen LogP contribution in [-0.2, 0) is 35.2 Å². The van der Waals surface area contributed by atoms with Gasteiger partial charge in [-0.3, -0.25) is 24.0 Å². The first-order valence-electron chi connectivity index (χ1n) is 17.9. The first kappa shape index (κ1) is 45.5. The number of carboxylic acid groups (broad SMARTS) is 1. The van der Waals surface area contributed by atoms with E-state index in [0.29, 0.717) is 50.8 Å². The molecule has 0 radical (unpaired) electrons. The zero-order valence-electron chi connectivity index (χ0n) is 30.7. The van der Waals surface area contributed by atoms with E-state index in [1.54, 1.807) is 12.1 Å². The number of carbonyl (C=O) groups is 6. The van der Waals surface area contributed by atoms with Gasteiger partial charge in [0.15, 0.2) is 0 Å². The Balaban J connectivity index is 3.31. The van der Waals surface area contributed by atoms with Gasteiger partial charge in [-0.25, -0.2) is 4.79 Å². The second-order valence-corrected chi connectivity index (χ2v) is 13.4. The van der Waals surface area contributed by atoms with Gasteiger partial charge in [0.25, 0.3) is 0 Å². The number of hydrogen-bond donors (Lipinski definition) is 10. The summed E-state index contributed by atoms with van der Waals surface area (Å²) in [4.78, 5) is 78.7. The number of nitrogens with one attached hydrogen (secondary N) is 5. The molecule has 6 atom stereocenters. The van der Waals surface area contributed by atoms with E-state index in [9.17, 15) is 39.0 Å². The summed E-state index contributed by atoms with van der Waals surface area (Å²) in [5.74, 6) is -4.61. The van der Waals surface area contributed by atoms with Crippen molar-refractivity contribution in [3.63, 3.8) is 0 Å². The summed E-state index contributed by atoms with van der Waals surface area (Å²) in [6, 6.07) is -0.704. The summed E-state index contributed by atoms with van der Waals surface area (Å²) >= 11 is 0. The van der Waals surface area contributed by atoms with Gasteiger partial charge in [-0.2, -0.15) is 0 Å². The molecule has 0 aliphatic rings. The molecule has 52 heavy (non-hydrogen) atoms. The monoisotopic (exact) mass is 732 g/mol. The van der Waals surface area contributed by atoms with Crippen LogP contribution in [0.15, 0.2) is 36.9 Å². The smallest absolute Gasteiger partial charge is 0.326 e. The van der Waals surface area contributed by atoms with Crippen molar-refractivity contribution < 1.29 is 39.0 Å². The van der Waals surface area contributed by atoms with Crippen molar-refractivity contribution in [1.82, 2.24) is 26.6 Å². The van der Waals surface area contributed by atoms with Gasteiger partial charge >= 0.3 is 5.97 Å². The van der Waals surface area contributed by atoms with Crippen LogP contribution in [0.5, 0.6) is 5.75 Å². The molecule has 16 heteroatoms. The standard InChI is InChI=1S/C36H60N8O8/c1-5-11-26(32(47)43-29(21-24-14-16-25(45)17-15-24)35(50)44-30(36(51)52)20-22(2)3)41-34(49)28(12-7-6-9-18-37)42-33(48)27(13-8-10-19-38)40-31(46)23(4)39/h5,14-17,22-23,26-30,45H,1,6-13,18-21,37-39H2,2-4H3,(H,40,46)(H,41,49)(H,42,48)(H,43,47)(H,44,50)(H,51,52)/t23-,26-,27-,28-,29-,30-/m0/s1. The number of rotatable bonds is 26. The molecule has 0 saturated heterocycles. The number of phenolic OH excluding ortho intramolecular Hbond substituents is 1. The van der Waals surface area contributed by atoms with Gasteiger partial charge < -0.3 is 54.0 Å². The lowest BCUT2D eigenvalue weighted by Crippen LogP contribution is -2.59. The third-order valence-electron chi connectivity index (χ3n) is 8.19. The number of unbranched alkanes of at least 4 members (excludes halogenated alkanes) is 3. The zero-order chi connectivity index (χ0) is 39.2. The number of benzene rings is 1. The Morgan fingerprint density at radius 3 is 1.62 bits per heavy atom. The van der Waals surface area contributed by atoms with E-state index in [2.05, 4.69) is 33.2 Å². The maximum Gasteiger partial charge on any atom is 0.326 e. The second-order valence-electron chi connectivity index (χ2n) is 13.4. The summed E-state index contributed by atoms with van der Waals surface area (Å²) in [6.45, 7) is 9.64. The Kier molecular flexibility index (Phi) is 21.5. The number of carboxylic acids is 1. The molecule has 1 aromatic rings. The lowest BCUT2D eigenvalue weighted by Gasteiger charge is -2.27. The zero-order valence-corrected chi connectivity index (χ0v) is 30.7. The third kappa shape index (κ3) is 17.6. The molecule has 0 aliphatic carbocycles. The number of aromatic hydroxyl groups is 1. The van der Waals surface area contributed by atoms with Crippen LogP contribution in [-0.4, -0.2) is 95.1 Å². The minimum Gasteiger partial charge on any atom is -0.508 e. The number of phenols is 1. The molecule has 292 valence electrons. The summed E-state index contributed by atoms with van der Waals surface area (Å²) in [6.07, 6.45) is 4.96. The Labute approximate surface area is 306 Å². The van der Waals surface area contributed by atoms with E-state index in [0.717, 1.165) is 0 Å². The first-order chi connectivity index (χ1) is 24.6. The molecule has 16 nitrogen and oxygen atoms in total. The quantitative estimate of drug-likeness (QED) is 0.0449. The lowest BCUT2D eigenvalue weighted by molar-refractivity contribution is -0.142. The van der Waals surface area contributed by atoms with Crippen molar-refractivity contribution in [1.29, 1.82) is 0 Å². The van der Waals surface area contributed by atoms with Crippen LogP contribution < -0.4 is 43.8 Å². The average Bonchev–Trinajstić information content (AvgIpc) is 3.08. The van der Waals surface area contributed by atoms with Crippen LogP contribution in [0.1, 0.15) is 84.1 Å². The van der Waals surface area contributed by atoms with Crippen molar-refractivity contribution >= 4 is 35.5 Å². The second kappa shape index (κ2) is 24.6. The largest absolute Gasteiger partial charge is 0.508 e. The molecular weight excluding hydrogens is 672 g/mol. The summed E-state index contributed by atoms with van der Waals surface area (Å²) in [7, 11) is 0. The summed E-state index contributed by atoms with van der Waals surface area (Å²) in [5, 5.41) is 32.6. The molecule has 0 unspecified atom stereocenters. The predicted octanol–water partition coefficient (Wildman–Crippen LogP) is 0.0608. The fourth-order valence-electron chi connectivity index (χ4n) is 5.26. The molecule has 1 rings (SSSR count). The minimum absolute atomic E-state index is 0.00621. The molecule has 0 fully saturated rings. The van der Waals surface area contributed by atoms with Gasteiger partial charge in [-0.15, -0.1) is 6.58 Å². The highest BCUT2D eigenvalue weighted by molar-refractivity contribution is 5.96. The van der Waals surface area contributed by atoms with Crippen LogP contribution in [0.3, 0.4) is 0 Å². The maximum absolute atomic E-state index is 13.8. The fourth-order valence-corrected chi connectivity index (χ4v) is 5.26. The fraction of sp³-hybridized carbons (Fsp3) is 0.611. The van der Waals surface area contributed by atoms with E-state index in [-0.39, 0.29) is 43.8 Å². The van der Waals surface area contributed by atoms with Crippen molar-refractivity contribution in [3.8, 4) is 5.75 Å². The van der Waals surface area contributed by atoms with E-state index >= 15 is 0 Å². The molecule has 0 bridgehead atoms. The maximum atomic E-state index is 13.8. The van der Waals surface area contributed by atoms with Gasteiger partial charge in [0.2, 0.25) is 29.5 Å². The predicted molar refractivity (Wildman–Crippen MR) is 197 cm³/mol. The number of amides is 5. The van der Waals surface area contributed by atoms with Crippen LogP contribution in [0.25, 0.3) is 0 Å². The van der Waals surface area contributed by atoms with E-state index < -0.39 is 71.8 Å².